The number of nitrogens with zero attached hydrogens (tertiary/aromatic N) is 2. The van der Waals surface area contributed by atoms with Crippen molar-refractivity contribution in [2.45, 2.75) is 31.9 Å². The summed E-state index contributed by atoms with van der Waals surface area (Å²) in [5.41, 5.74) is 1.80. The SMILES string of the molecule is NNc1cc(NCC2(CO)CCCC2)nc(C(F)(F)F)n1. The van der Waals surface area contributed by atoms with Crippen molar-refractivity contribution in [1.29, 1.82) is 0 Å². The minimum Gasteiger partial charge on any atom is -0.396 e. The highest BCUT2D eigenvalue weighted by molar-refractivity contribution is 5.47. The normalized spacial score (nSPS) is 17.8. The lowest BCUT2D eigenvalue weighted by Gasteiger charge is -2.27. The molecule has 1 aliphatic carbocycles. The van der Waals surface area contributed by atoms with Gasteiger partial charge in [-0.1, -0.05) is 12.8 Å². The van der Waals surface area contributed by atoms with E-state index in [9.17, 15) is 18.3 Å². The Morgan fingerprint density at radius 1 is 1.24 bits per heavy atom. The first-order valence-electron chi connectivity index (χ1n) is 6.66. The van der Waals surface area contributed by atoms with Crippen LogP contribution in [0.5, 0.6) is 0 Å². The number of rotatable bonds is 5. The van der Waals surface area contributed by atoms with E-state index in [1.807, 2.05) is 0 Å². The number of aliphatic hydroxyl groups is 1. The van der Waals surface area contributed by atoms with E-state index in [0.717, 1.165) is 25.7 Å². The van der Waals surface area contributed by atoms with Crippen LogP contribution < -0.4 is 16.6 Å². The van der Waals surface area contributed by atoms with Crippen molar-refractivity contribution >= 4 is 11.6 Å². The molecule has 0 atom stereocenters. The van der Waals surface area contributed by atoms with E-state index in [2.05, 4.69) is 20.7 Å². The van der Waals surface area contributed by atoms with Crippen LogP contribution in [0, 0.1) is 5.41 Å². The largest absolute Gasteiger partial charge is 0.451 e. The van der Waals surface area contributed by atoms with Crippen LogP contribution in [0.1, 0.15) is 31.5 Å². The molecule has 0 amide bonds. The summed E-state index contributed by atoms with van der Waals surface area (Å²) < 4.78 is 38.1. The Labute approximate surface area is 119 Å². The van der Waals surface area contributed by atoms with Gasteiger partial charge >= 0.3 is 6.18 Å². The van der Waals surface area contributed by atoms with E-state index in [1.54, 1.807) is 0 Å². The van der Waals surface area contributed by atoms with E-state index in [4.69, 9.17) is 5.84 Å². The number of nitrogens with two attached hydrogens (primary N) is 1. The van der Waals surface area contributed by atoms with Crippen molar-refractivity contribution in [3.8, 4) is 0 Å². The van der Waals surface area contributed by atoms with Crippen LogP contribution in [0.2, 0.25) is 0 Å². The van der Waals surface area contributed by atoms with Gasteiger partial charge in [0.2, 0.25) is 5.82 Å². The topological polar surface area (TPSA) is 96.1 Å². The van der Waals surface area contributed by atoms with Gasteiger partial charge in [-0.15, -0.1) is 0 Å². The maximum atomic E-state index is 12.7. The van der Waals surface area contributed by atoms with E-state index >= 15 is 0 Å². The molecule has 6 nitrogen and oxygen atoms in total. The molecule has 1 fully saturated rings. The van der Waals surface area contributed by atoms with Gasteiger partial charge in [-0.2, -0.15) is 13.2 Å². The number of alkyl halides is 3. The Hall–Kier alpha value is -1.61. The predicted molar refractivity (Wildman–Crippen MR) is 71.3 cm³/mol. The summed E-state index contributed by atoms with van der Waals surface area (Å²) in [6, 6.07) is 1.30. The first kappa shape index (κ1) is 15.8. The summed E-state index contributed by atoms with van der Waals surface area (Å²) in [7, 11) is 0. The van der Waals surface area contributed by atoms with Crippen molar-refractivity contribution in [3.05, 3.63) is 11.9 Å². The number of halogens is 3. The molecule has 1 aliphatic rings. The Morgan fingerprint density at radius 2 is 1.86 bits per heavy atom. The molecule has 1 saturated carbocycles. The highest BCUT2D eigenvalue weighted by Crippen LogP contribution is 2.37. The van der Waals surface area contributed by atoms with Crippen LogP contribution in [-0.4, -0.2) is 28.2 Å². The molecule has 21 heavy (non-hydrogen) atoms. The summed E-state index contributed by atoms with van der Waals surface area (Å²) >= 11 is 0. The molecule has 0 unspecified atom stereocenters. The fourth-order valence-electron chi connectivity index (χ4n) is 2.53. The number of aliphatic hydroxyl groups excluding tert-OH is 1. The van der Waals surface area contributed by atoms with Crippen molar-refractivity contribution < 1.29 is 18.3 Å². The third-order valence-corrected chi connectivity index (χ3v) is 3.77. The molecular weight excluding hydrogens is 287 g/mol. The summed E-state index contributed by atoms with van der Waals surface area (Å²) in [6.45, 7) is 0.362. The summed E-state index contributed by atoms with van der Waals surface area (Å²) in [4.78, 5) is 6.73. The van der Waals surface area contributed by atoms with Crippen LogP contribution >= 0.6 is 0 Å². The molecular formula is C12H18F3N5O. The second kappa shape index (κ2) is 6.02. The maximum absolute atomic E-state index is 12.7. The van der Waals surface area contributed by atoms with Crippen molar-refractivity contribution in [1.82, 2.24) is 9.97 Å². The lowest BCUT2D eigenvalue weighted by atomic mass is 9.87. The molecule has 0 aromatic carbocycles. The molecule has 118 valence electrons. The average molecular weight is 305 g/mol. The number of hydrogen-bond acceptors (Lipinski definition) is 6. The number of anilines is 2. The quantitative estimate of drug-likeness (QED) is 0.489. The molecule has 0 spiro atoms. The zero-order valence-electron chi connectivity index (χ0n) is 11.4. The van der Waals surface area contributed by atoms with Crippen LogP contribution in [0.15, 0.2) is 6.07 Å². The number of hydrogen-bond donors (Lipinski definition) is 4. The molecule has 0 saturated heterocycles. The average Bonchev–Trinajstić information content (AvgIpc) is 2.93. The monoisotopic (exact) mass is 305 g/mol. The molecule has 1 aromatic rings. The lowest BCUT2D eigenvalue weighted by Crippen LogP contribution is -2.31. The van der Waals surface area contributed by atoms with Gasteiger partial charge in [0.25, 0.3) is 0 Å². The van der Waals surface area contributed by atoms with Gasteiger partial charge in [-0.25, -0.2) is 15.8 Å². The highest BCUT2D eigenvalue weighted by Gasteiger charge is 2.36. The molecule has 2 rings (SSSR count). The van der Waals surface area contributed by atoms with E-state index in [0.29, 0.717) is 6.54 Å². The van der Waals surface area contributed by atoms with Gasteiger partial charge in [0.1, 0.15) is 11.6 Å². The standard InChI is InChI=1S/C12H18F3N5O/c13-12(14,15)10-18-8(5-9(19-10)20-16)17-6-11(7-21)3-1-2-4-11/h5,21H,1-4,6-7,16H2,(H2,17,18,19,20). The number of aromatic nitrogens is 2. The molecule has 0 bridgehead atoms. The van der Waals surface area contributed by atoms with E-state index in [-0.39, 0.29) is 23.7 Å². The summed E-state index contributed by atoms with van der Waals surface area (Å²) in [5.74, 6) is 3.78. The Morgan fingerprint density at radius 3 is 2.38 bits per heavy atom. The van der Waals surface area contributed by atoms with Crippen LogP contribution in [0.4, 0.5) is 24.8 Å². The first-order chi connectivity index (χ1) is 9.88. The summed E-state index contributed by atoms with van der Waals surface area (Å²) in [6.07, 6.45) is -0.943. The zero-order valence-corrected chi connectivity index (χ0v) is 11.4. The van der Waals surface area contributed by atoms with E-state index < -0.39 is 12.0 Å². The van der Waals surface area contributed by atoms with Crippen molar-refractivity contribution in [3.63, 3.8) is 0 Å². The molecule has 1 heterocycles. The van der Waals surface area contributed by atoms with Crippen LogP contribution in [-0.2, 0) is 6.18 Å². The smallest absolute Gasteiger partial charge is 0.396 e. The maximum Gasteiger partial charge on any atom is 0.451 e. The van der Waals surface area contributed by atoms with Gasteiger partial charge < -0.3 is 15.8 Å². The third kappa shape index (κ3) is 3.73. The van der Waals surface area contributed by atoms with Crippen molar-refractivity contribution in [2.75, 3.05) is 23.9 Å². The number of nitrogens with one attached hydrogen (secondary N) is 2. The van der Waals surface area contributed by atoms with Crippen LogP contribution in [0.3, 0.4) is 0 Å². The second-order valence-corrected chi connectivity index (χ2v) is 5.32. The summed E-state index contributed by atoms with van der Waals surface area (Å²) in [5, 5.41) is 12.4. The van der Waals surface area contributed by atoms with Crippen LogP contribution in [0.25, 0.3) is 0 Å². The molecule has 9 heteroatoms. The zero-order chi connectivity index (χ0) is 15.5. The van der Waals surface area contributed by atoms with Gasteiger partial charge in [-0.3, -0.25) is 0 Å². The van der Waals surface area contributed by atoms with Crippen molar-refractivity contribution in [2.24, 2.45) is 11.3 Å². The minimum absolute atomic E-state index is 0.000786. The Kier molecular flexibility index (Phi) is 4.52. The van der Waals surface area contributed by atoms with Gasteiger partial charge in [0.05, 0.1) is 6.61 Å². The fourth-order valence-corrected chi connectivity index (χ4v) is 2.53. The lowest BCUT2D eigenvalue weighted by molar-refractivity contribution is -0.144. The van der Waals surface area contributed by atoms with E-state index in [1.165, 1.54) is 6.07 Å². The molecule has 0 aliphatic heterocycles. The second-order valence-electron chi connectivity index (χ2n) is 5.32. The molecule has 5 N–H and O–H groups in total. The fraction of sp³-hybridized carbons (Fsp3) is 0.667. The number of nitrogen functional groups attached to an aromatic ring is 1. The Bertz CT molecular complexity index is 488. The molecule has 0 radical (unpaired) electrons. The predicted octanol–water partition coefficient (Wildman–Crippen LogP) is 1.75. The highest BCUT2D eigenvalue weighted by atomic mass is 19.4. The molecule has 1 aromatic heterocycles. The number of hydrazine groups is 1. The van der Waals surface area contributed by atoms with Gasteiger partial charge in [-0.05, 0) is 12.8 Å². The Balaban J connectivity index is 2.15. The first-order valence-corrected chi connectivity index (χ1v) is 6.66. The van der Waals surface area contributed by atoms with Gasteiger partial charge in [0.15, 0.2) is 0 Å². The third-order valence-electron chi connectivity index (χ3n) is 3.77. The minimum atomic E-state index is -4.65. The van der Waals surface area contributed by atoms with Gasteiger partial charge in [0, 0.05) is 18.0 Å².